The van der Waals surface area contributed by atoms with Gasteiger partial charge in [-0.2, -0.15) is 0 Å². The van der Waals surface area contributed by atoms with Crippen LogP contribution in [0.3, 0.4) is 0 Å². The Bertz CT molecular complexity index is 455. The van der Waals surface area contributed by atoms with Crippen LogP contribution in [-0.4, -0.2) is 29.6 Å². The quantitative estimate of drug-likeness (QED) is 0.542. The number of aliphatic hydroxyl groups is 1. The molecule has 1 aromatic rings. The van der Waals surface area contributed by atoms with E-state index in [1.54, 1.807) is 0 Å². The number of aliphatic hydroxyl groups excluding tert-OH is 1. The summed E-state index contributed by atoms with van der Waals surface area (Å²) in [5.74, 6) is 0.0997. The molecule has 122 valence electrons. The Labute approximate surface area is 134 Å². The molecular formula is C19H29NO2. The van der Waals surface area contributed by atoms with Crippen LogP contribution in [0, 0.1) is 0 Å². The molecule has 22 heavy (non-hydrogen) atoms. The highest BCUT2D eigenvalue weighted by molar-refractivity contribution is 6.00. The average molecular weight is 303 g/mol. The maximum Gasteiger partial charge on any atom is 0.179 e. The predicted octanol–water partition coefficient (Wildman–Crippen LogP) is 3.50. The number of carbonyl (C=O) groups excluding carboxylic acids is 1. The summed E-state index contributed by atoms with van der Waals surface area (Å²) >= 11 is 0. The Balaban J connectivity index is 1.74. The number of ketones is 1. The van der Waals surface area contributed by atoms with E-state index in [1.807, 2.05) is 12.1 Å². The lowest BCUT2D eigenvalue weighted by Crippen LogP contribution is -2.30. The number of hydrogen-bond donors (Lipinski definition) is 2. The van der Waals surface area contributed by atoms with Crippen molar-refractivity contribution in [1.82, 2.24) is 5.32 Å². The fourth-order valence-corrected chi connectivity index (χ4v) is 3.06. The van der Waals surface area contributed by atoms with Crippen molar-refractivity contribution in [2.75, 3.05) is 6.54 Å². The normalized spacial score (nSPS) is 21.2. The van der Waals surface area contributed by atoms with Crippen LogP contribution >= 0.6 is 0 Å². The van der Waals surface area contributed by atoms with Gasteiger partial charge in [0.15, 0.2) is 5.78 Å². The van der Waals surface area contributed by atoms with Crippen LogP contribution in [-0.2, 0) is 6.42 Å². The molecule has 0 bridgehead atoms. The molecule has 0 spiro atoms. The number of benzene rings is 1. The van der Waals surface area contributed by atoms with Gasteiger partial charge in [-0.15, -0.1) is 0 Å². The minimum atomic E-state index is -0.388. The van der Waals surface area contributed by atoms with E-state index in [4.69, 9.17) is 0 Å². The number of unbranched alkanes of at least 4 members (excludes halogenated alkanes) is 5. The highest BCUT2D eigenvalue weighted by atomic mass is 16.3. The topological polar surface area (TPSA) is 49.3 Å². The Morgan fingerprint density at radius 1 is 1.14 bits per heavy atom. The van der Waals surface area contributed by atoms with E-state index in [0.717, 1.165) is 12.0 Å². The zero-order valence-corrected chi connectivity index (χ0v) is 13.7. The van der Waals surface area contributed by atoms with Gasteiger partial charge in [0.25, 0.3) is 0 Å². The lowest BCUT2D eigenvalue weighted by molar-refractivity contribution is 0.0942. The maximum atomic E-state index is 12.3. The minimum absolute atomic E-state index is 0.0997. The maximum absolute atomic E-state index is 12.3. The van der Waals surface area contributed by atoms with Crippen molar-refractivity contribution in [3.8, 4) is 0 Å². The van der Waals surface area contributed by atoms with Crippen molar-refractivity contribution in [1.29, 1.82) is 0 Å². The lowest BCUT2D eigenvalue weighted by atomic mass is 9.99. The second kappa shape index (κ2) is 9.06. The Morgan fingerprint density at radius 3 is 2.45 bits per heavy atom. The zero-order valence-electron chi connectivity index (χ0n) is 13.7. The molecular weight excluding hydrogens is 274 g/mol. The molecule has 3 heteroatoms. The number of β-amino-alcohol motifs (C(OH)–C–C–N with tert-alkyl or cyclic N) is 1. The minimum Gasteiger partial charge on any atom is -0.392 e. The zero-order chi connectivity index (χ0) is 15.8. The molecule has 1 aliphatic rings. The van der Waals surface area contributed by atoms with Crippen LogP contribution in [0.5, 0.6) is 0 Å². The third-order valence-electron chi connectivity index (χ3n) is 4.48. The average Bonchev–Trinajstić information content (AvgIpc) is 2.97. The van der Waals surface area contributed by atoms with Crippen molar-refractivity contribution in [3.05, 3.63) is 35.4 Å². The van der Waals surface area contributed by atoms with Crippen LogP contribution in [0.15, 0.2) is 24.3 Å². The Kier molecular flexibility index (Phi) is 7.07. The van der Waals surface area contributed by atoms with E-state index in [9.17, 15) is 9.90 Å². The molecule has 2 rings (SSSR count). The SMILES string of the molecule is CCCCCCCCc1ccc(C(=O)[C@@H]2C[C@@H](O)CN2)cc1. The van der Waals surface area contributed by atoms with Crippen LogP contribution in [0.2, 0.25) is 0 Å². The number of nitrogens with one attached hydrogen (secondary N) is 1. The molecule has 0 unspecified atom stereocenters. The molecule has 0 saturated carbocycles. The van der Waals surface area contributed by atoms with Gasteiger partial charge in [0.2, 0.25) is 0 Å². The van der Waals surface area contributed by atoms with E-state index >= 15 is 0 Å². The summed E-state index contributed by atoms with van der Waals surface area (Å²) in [6.07, 6.45) is 9.09. The molecule has 1 heterocycles. The first-order valence-electron chi connectivity index (χ1n) is 8.75. The predicted molar refractivity (Wildman–Crippen MR) is 90.3 cm³/mol. The Morgan fingerprint density at radius 2 is 1.82 bits per heavy atom. The molecule has 1 aliphatic heterocycles. The highest BCUT2D eigenvalue weighted by Crippen LogP contribution is 2.15. The van der Waals surface area contributed by atoms with Gasteiger partial charge in [0, 0.05) is 12.1 Å². The molecule has 0 aliphatic carbocycles. The van der Waals surface area contributed by atoms with Crippen molar-refractivity contribution >= 4 is 5.78 Å². The number of aryl methyl sites for hydroxylation is 1. The summed E-state index contributed by atoms with van der Waals surface area (Å²) in [4.78, 5) is 12.3. The second-order valence-corrected chi connectivity index (χ2v) is 6.43. The molecule has 1 saturated heterocycles. The third kappa shape index (κ3) is 5.22. The fraction of sp³-hybridized carbons (Fsp3) is 0.632. The number of Topliss-reactive ketones (excluding diaryl/α,β-unsaturated/α-hetero) is 1. The number of rotatable bonds is 9. The summed E-state index contributed by atoms with van der Waals surface area (Å²) in [6, 6.07) is 7.79. The fourth-order valence-electron chi connectivity index (χ4n) is 3.06. The molecule has 1 fully saturated rings. The van der Waals surface area contributed by atoms with Gasteiger partial charge in [0.1, 0.15) is 0 Å². The summed E-state index contributed by atoms with van der Waals surface area (Å²) < 4.78 is 0. The van der Waals surface area contributed by atoms with E-state index in [0.29, 0.717) is 13.0 Å². The smallest absolute Gasteiger partial charge is 0.179 e. The van der Waals surface area contributed by atoms with Crippen LogP contribution < -0.4 is 5.32 Å². The van der Waals surface area contributed by atoms with Gasteiger partial charge >= 0.3 is 0 Å². The van der Waals surface area contributed by atoms with E-state index in [2.05, 4.69) is 24.4 Å². The van der Waals surface area contributed by atoms with Gasteiger partial charge in [-0.1, -0.05) is 63.3 Å². The summed E-state index contributed by atoms with van der Waals surface area (Å²) in [7, 11) is 0. The number of hydrogen-bond acceptors (Lipinski definition) is 3. The van der Waals surface area contributed by atoms with Crippen LogP contribution in [0.4, 0.5) is 0 Å². The Hall–Kier alpha value is -1.19. The van der Waals surface area contributed by atoms with E-state index in [-0.39, 0.29) is 17.9 Å². The van der Waals surface area contributed by atoms with Gasteiger partial charge < -0.3 is 10.4 Å². The molecule has 0 aromatic heterocycles. The van der Waals surface area contributed by atoms with Gasteiger partial charge in [-0.25, -0.2) is 0 Å². The summed E-state index contributed by atoms with van der Waals surface area (Å²) in [5, 5.41) is 12.6. The van der Waals surface area contributed by atoms with E-state index < -0.39 is 0 Å². The number of carbonyl (C=O) groups is 1. The van der Waals surface area contributed by atoms with Gasteiger partial charge in [-0.05, 0) is 24.8 Å². The standard InChI is InChI=1S/C19H29NO2/c1-2-3-4-5-6-7-8-15-9-11-16(12-10-15)19(22)18-13-17(21)14-20-18/h9-12,17-18,20-21H,2-8,13-14H2,1H3/t17-,18+/m1/s1. The largest absolute Gasteiger partial charge is 0.392 e. The first-order valence-corrected chi connectivity index (χ1v) is 8.75. The molecule has 0 radical (unpaired) electrons. The van der Waals surface area contributed by atoms with Crippen LogP contribution in [0.1, 0.15) is 67.8 Å². The van der Waals surface area contributed by atoms with Crippen LogP contribution in [0.25, 0.3) is 0 Å². The molecule has 2 atom stereocenters. The molecule has 1 aromatic carbocycles. The van der Waals surface area contributed by atoms with Crippen molar-refractivity contribution in [3.63, 3.8) is 0 Å². The summed E-state index contributed by atoms with van der Waals surface area (Å²) in [6.45, 7) is 2.76. The lowest BCUT2D eigenvalue weighted by Gasteiger charge is -2.09. The first kappa shape index (κ1) is 17.2. The monoisotopic (exact) mass is 303 g/mol. The first-order chi connectivity index (χ1) is 10.7. The third-order valence-corrected chi connectivity index (χ3v) is 4.48. The van der Waals surface area contributed by atoms with Gasteiger partial charge in [-0.3, -0.25) is 4.79 Å². The highest BCUT2D eigenvalue weighted by Gasteiger charge is 2.28. The molecule has 0 amide bonds. The molecule has 3 nitrogen and oxygen atoms in total. The van der Waals surface area contributed by atoms with Crippen molar-refractivity contribution < 1.29 is 9.90 Å². The van der Waals surface area contributed by atoms with E-state index in [1.165, 1.54) is 44.1 Å². The second-order valence-electron chi connectivity index (χ2n) is 6.43. The van der Waals surface area contributed by atoms with Crippen molar-refractivity contribution in [2.45, 2.75) is 70.4 Å². The molecule has 2 N–H and O–H groups in total. The van der Waals surface area contributed by atoms with Crippen molar-refractivity contribution in [2.24, 2.45) is 0 Å². The summed E-state index contributed by atoms with van der Waals surface area (Å²) in [5.41, 5.74) is 2.06. The van der Waals surface area contributed by atoms with Gasteiger partial charge in [0.05, 0.1) is 12.1 Å².